The van der Waals surface area contributed by atoms with Crippen LogP contribution >= 0.6 is 0 Å². The maximum Gasteiger partial charge on any atom is 0.193 e. The number of carbonyl (C=O) groups excluding carboxylic acids is 1. The lowest BCUT2D eigenvalue weighted by molar-refractivity contribution is 0.103. The highest BCUT2D eigenvalue weighted by Gasteiger charge is 2.17. The summed E-state index contributed by atoms with van der Waals surface area (Å²) in [5.74, 6) is -0.491. The van der Waals surface area contributed by atoms with E-state index in [4.69, 9.17) is 0 Å². The van der Waals surface area contributed by atoms with Crippen molar-refractivity contribution < 1.29 is 9.18 Å². The van der Waals surface area contributed by atoms with Crippen LogP contribution in [0.5, 0.6) is 0 Å². The first-order valence-electron chi connectivity index (χ1n) is 15.7. The zero-order chi connectivity index (χ0) is 31.5. The van der Waals surface area contributed by atoms with Gasteiger partial charge in [0, 0.05) is 44.0 Å². The lowest BCUT2D eigenvalue weighted by atomic mass is 10.0. The van der Waals surface area contributed by atoms with Crippen molar-refractivity contribution in [3.63, 3.8) is 0 Å². The predicted molar refractivity (Wildman–Crippen MR) is 190 cm³/mol. The number of aromatic nitrogens is 2. The molecule has 2 heterocycles. The second kappa shape index (κ2) is 10.7. The zero-order valence-corrected chi connectivity index (χ0v) is 25.3. The van der Waals surface area contributed by atoms with Crippen molar-refractivity contribution >= 4 is 49.4 Å². The maximum absolute atomic E-state index is 13.5. The molecule has 0 unspecified atom stereocenters. The van der Waals surface area contributed by atoms with Gasteiger partial charge < -0.3 is 9.13 Å². The van der Waals surface area contributed by atoms with Gasteiger partial charge in [0.1, 0.15) is 5.82 Å². The molecule has 0 saturated carbocycles. The Bertz CT molecular complexity index is 2610. The fourth-order valence-corrected chi connectivity index (χ4v) is 7.01. The van der Waals surface area contributed by atoms with Gasteiger partial charge in [-0.25, -0.2) is 4.39 Å². The van der Waals surface area contributed by atoms with Gasteiger partial charge in [-0.05, 0) is 96.1 Å². The minimum absolute atomic E-state index is 0.131. The molecule has 0 aliphatic rings. The lowest BCUT2D eigenvalue weighted by Gasteiger charge is -2.13. The highest BCUT2D eigenvalue weighted by molar-refractivity contribution is 6.15. The number of hydrogen-bond donors (Lipinski definition) is 0. The largest absolute Gasteiger partial charge is 0.309 e. The van der Waals surface area contributed by atoms with Crippen molar-refractivity contribution in [1.29, 1.82) is 0 Å². The summed E-state index contributed by atoms with van der Waals surface area (Å²) in [6, 6.07) is 54.3. The molecule has 9 rings (SSSR count). The normalized spacial score (nSPS) is 11.6. The molecule has 7 aromatic carbocycles. The molecule has 0 amide bonds. The molecule has 3 nitrogen and oxygen atoms in total. The predicted octanol–water partition coefficient (Wildman–Crippen LogP) is 10.9. The SMILES string of the molecule is O=C(c1ccc(F)cc1)c1ccc2c(c1)c1ccccc1n2-c1cccc(-c2cccc(-n3c4ccccc4c4ccccc43)c2)c1. The molecule has 9 aromatic rings. The average Bonchev–Trinajstić information content (AvgIpc) is 3.64. The Balaban J connectivity index is 1.17. The molecule has 0 radical (unpaired) electrons. The van der Waals surface area contributed by atoms with E-state index < -0.39 is 0 Å². The number of hydrogen-bond acceptors (Lipinski definition) is 1. The standard InChI is InChI=1S/C43H27FN2O/c44-32-22-19-28(20-23-32)43(47)31-21-24-42-38(27-31)37-15-3-6-18-41(37)46(42)34-12-8-10-30(26-34)29-9-7-11-33(25-29)45-39-16-4-1-13-35(39)36-14-2-5-17-40(36)45/h1-27H. The number of fused-ring (bicyclic) bond motifs is 6. The van der Waals surface area contributed by atoms with Gasteiger partial charge in [0.05, 0.1) is 22.1 Å². The van der Waals surface area contributed by atoms with Gasteiger partial charge in [0.15, 0.2) is 5.78 Å². The third kappa shape index (κ3) is 4.38. The molecule has 2 aromatic heterocycles. The number of ketones is 1. The highest BCUT2D eigenvalue weighted by Crippen LogP contribution is 2.36. The smallest absolute Gasteiger partial charge is 0.193 e. The van der Waals surface area contributed by atoms with E-state index >= 15 is 0 Å². The Morgan fingerprint density at radius 2 is 0.851 bits per heavy atom. The van der Waals surface area contributed by atoms with E-state index in [0.29, 0.717) is 11.1 Å². The van der Waals surface area contributed by atoms with Gasteiger partial charge in [-0.3, -0.25) is 4.79 Å². The molecule has 0 saturated heterocycles. The van der Waals surface area contributed by atoms with Crippen molar-refractivity contribution in [2.24, 2.45) is 0 Å². The quantitative estimate of drug-likeness (QED) is 0.179. The fourth-order valence-electron chi connectivity index (χ4n) is 7.01. The molecule has 222 valence electrons. The molecular formula is C43H27FN2O. The molecule has 4 heteroatoms. The molecule has 0 bridgehead atoms. The third-order valence-corrected chi connectivity index (χ3v) is 9.16. The van der Waals surface area contributed by atoms with Crippen LogP contribution in [-0.2, 0) is 0 Å². The second-order valence-corrected chi connectivity index (χ2v) is 11.9. The molecule has 0 aliphatic carbocycles. The first-order chi connectivity index (χ1) is 23.1. The van der Waals surface area contributed by atoms with Crippen LogP contribution in [0.4, 0.5) is 4.39 Å². The maximum atomic E-state index is 13.5. The van der Waals surface area contributed by atoms with E-state index in [1.165, 1.54) is 46.1 Å². The van der Waals surface area contributed by atoms with Gasteiger partial charge in [-0.2, -0.15) is 0 Å². The van der Waals surface area contributed by atoms with Crippen LogP contribution in [0.15, 0.2) is 164 Å². The summed E-state index contributed by atoms with van der Waals surface area (Å²) in [5, 5.41) is 4.54. The molecule has 0 N–H and O–H groups in total. The van der Waals surface area contributed by atoms with Crippen LogP contribution in [0.25, 0.3) is 66.1 Å². The number of carbonyl (C=O) groups is 1. The monoisotopic (exact) mass is 606 g/mol. The fraction of sp³-hybridized carbons (Fsp3) is 0. The van der Waals surface area contributed by atoms with E-state index in [1.54, 1.807) is 0 Å². The van der Waals surface area contributed by atoms with Crippen molar-refractivity contribution in [2.75, 3.05) is 0 Å². The Labute approximate surface area is 270 Å². The molecule has 0 fully saturated rings. The van der Waals surface area contributed by atoms with E-state index in [0.717, 1.165) is 44.3 Å². The minimum atomic E-state index is -0.360. The van der Waals surface area contributed by atoms with Crippen LogP contribution < -0.4 is 0 Å². The van der Waals surface area contributed by atoms with E-state index in [-0.39, 0.29) is 11.6 Å². The average molecular weight is 607 g/mol. The van der Waals surface area contributed by atoms with Crippen molar-refractivity contribution in [3.8, 4) is 22.5 Å². The van der Waals surface area contributed by atoms with Crippen molar-refractivity contribution in [2.45, 2.75) is 0 Å². The van der Waals surface area contributed by atoms with Gasteiger partial charge >= 0.3 is 0 Å². The van der Waals surface area contributed by atoms with Crippen LogP contribution in [0.2, 0.25) is 0 Å². The minimum Gasteiger partial charge on any atom is -0.309 e. The first-order valence-corrected chi connectivity index (χ1v) is 15.7. The summed E-state index contributed by atoms with van der Waals surface area (Å²) in [4.78, 5) is 13.3. The first kappa shape index (κ1) is 27.1. The molecule has 0 aliphatic heterocycles. The Morgan fingerprint density at radius 1 is 0.404 bits per heavy atom. The van der Waals surface area contributed by atoms with Gasteiger partial charge in [0.2, 0.25) is 0 Å². The number of rotatable bonds is 5. The zero-order valence-electron chi connectivity index (χ0n) is 25.3. The summed E-state index contributed by atoms with van der Waals surface area (Å²) >= 11 is 0. The molecule has 0 spiro atoms. The van der Waals surface area contributed by atoms with Gasteiger partial charge in [-0.15, -0.1) is 0 Å². The summed E-state index contributed by atoms with van der Waals surface area (Å²) < 4.78 is 18.1. The summed E-state index contributed by atoms with van der Waals surface area (Å²) in [6.07, 6.45) is 0. The Hall–Kier alpha value is -6.26. The lowest BCUT2D eigenvalue weighted by Crippen LogP contribution is -2.01. The van der Waals surface area contributed by atoms with E-state index in [2.05, 4.69) is 118 Å². The van der Waals surface area contributed by atoms with Crippen LogP contribution in [-0.4, -0.2) is 14.9 Å². The van der Waals surface area contributed by atoms with Crippen LogP contribution in [0.3, 0.4) is 0 Å². The molecular weight excluding hydrogens is 579 g/mol. The summed E-state index contributed by atoms with van der Waals surface area (Å²) in [5.41, 5.74) is 9.85. The number of halogens is 1. The Morgan fingerprint density at radius 3 is 1.38 bits per heavy atom. The van der Waals surface area contributed by atoms with E-state index in [1.807, 2.05) is 30.3 Å². The van der Waals surface area contributed by atoms with Crippen molar-refractivity contribution in [3.05, 3.63) is 181 Å². The molecule has 0 atom stereocenters. The van der Waals surface area contributed by atoms with Crippen LogP contribution in [0.1, 0.15) is 15.9 Å². The van der Waals surface area contributed by atoms with Crippen LogP contribution in [0, 0.1) is 5.82 Å². The number of nitrogens with zero attached hydrogens (tertiary/aromatic N) is 2. The molecule has 47 heavy (non-hydrogen) atoms. The van der Waals surface area contributed by atoms with Gasteiger partial charge in [0.25, 0.3) is 0 Å². The van der Waals surface area contributed by atoms with E-state index in [9.17, 15) is 9.18 Å². The second-order valence-electron chi connectivity index (χ2n) is 11.9. The summed E-state index contributed by atoms with van der Waals surface area (Å²) in [6.45, 7) is 0. The summed E-state index contributed by atoms with van der Waals surface area (Å²) in [7, 11) is 0. The number of para-hydroxylation sites is 3. The highest BCUT2D eigenvalue weighted by atomic mass is 19.1. The third-order valence-electron chi connectivity index (χ3n) is 9.16. The van der Waals surface area contributed by atoms with Crippen molar-refractivity contribution in [1.82, 2.24) is 9.13 Å². The number of benzene rings is 7. The Kier molecular flexibility index (Phi) is 6.15. The topological polar surface area (TPSA) is 26.9 Å². The van der Waals surface area contributed by atoms with Gasteiger partial charge in [-0.1, -0.05) is 78.9 Å².